The molecule has 0 aliphatic heterocycles. The van der Waals surface area contributed by atoms with Gasteiger partial charge in [0, 0.05) is 12.1 Å². The first-order valence-electron chi connectivity index (χ1n) is 4.51. The highest BCUT2D eigenvalue weighted by molar-refractivity contribution is 5.54. The number of nitrogens with zero attached hydrogens (tertiary/aromatic N) is 1. The zero-order chi connectivity index (χ0) is 9.97. The molecule has 0 unspecified atom stereocenters. The maximum Gasteiger partial charge on any atom is 0.226 e. The lowest BCUT2D eigenvalue weighted by Crippen LogP contribution is -1.95. The highest BCUT2D eigenvalue weighted by atomic mass is 16.4. The Morgan fingerprint density at radius 3 is 2.93 bits per heavy atom. The van der Waals surface area contributed by atoms with Crippen molar-refractivity contribution in [2.24, 2.45) is 5.73 Å². The third kappa shape index (κ3) is 1.67. The second kappa shape index (κ2) is 3.64. The Morgan fingerprint density at radius 1 is 1.43 bits per heavy atom. The van der Waals surface area contributed by atoms with Crippen LogP contribution in [0.5, 0.6) is 0 Å². The molecule has 14 heavy (non-hydrogen) atoms. The van der Waals surface area contributed by atoms with Crippen LogP contribution in [0.25, 0.3) is 11.5 Å². The van der Waals surface area contributed by atoms with Crippen LogP contribution in [0.3, 0.4) is 0 Å². The summed E-state index contributed by atoms with van der Waals surface area (Å²) in [5, 5.41) is 0. The van der Waals surface area contributed by atoms with Crippen LogP contribution in [0.15, 0.2) is 34.9 Å². The summed E-state index contributed by atoms with van der Waals surface area (Å²) in [6.45, 7) is 2.41. The van der Waals surface area contributed by atoms with Gasteiger partial charge in [-0.15, -0.1) is 0 Å². The van der Waals surface area contributed by atoms with E-state index < -0.39 is 0 Å². The zero-order valence-corrected chi connectivity index (χ0v) is 8.03. The van der Waals surface area contributed by atoms with E-state index in [1.165, 1.54) is 0 Å². The van der Waals surface area contributed by atoms with Crippen LogP contribution in [0.1, 0.15) is 11.3 Å². The number of benzene rings is 1. The summed E-state index contributed by atoms with van der Waals surface area (Å²) in [7, 11) is 0. The number of oxazole rings is 1. The second-order valence-corrected chi connectivity index (χ2v) is 3.18. The van der Waals surface area contributed by atoms with Gasteiger partial charge in [0.05, 0.1) is 6.20 Å². The average Bonchev–Trinajstić information content (AvgIpc) is 2.65. The van der Waals surface area contributed by atoms with Crippen LogP contribution in [-0.2, 0) is 6.54 Å². The molecule has 1 aromatic carbocycles. The number of hydrogen-bond acceptors (Lipinski definition) is 3. The minimum Gasteiger partial charge on any atom is -0.441 e. The van der Waals surface area contributed by atoms with Gasteiger partial charge in [-0.05, 0) is 24.6 Å². The van der Waals surface area contributed by atoms with Gasteiger partial charge in [0.1, 0.15) is 5.76 Å². The van der Waals surface area contributed by atoms with E-state index in [1.54, 1.807) is 6.20 Å². The van der Waals surface area contributed by atoms with E-state index in [4.69, 9.17) is 10.2 Å². The van der Waals surface area contributed by atoms with Crippen molar-refractivity contribution >= 4 is 0 Å². The predicted molar refractivity (Wildman–Crippen MR) is 54.6 cm³/mol. The summed E-state index contributed by atoms with van der Waals surface area (Å²) in [5.41, 5.74) is 7.61. The maximum absolute atomic E-state index is 5.55. The van der Waals surface area contributed by atoms with Crippen molar-refractivity contribution in [1.82, 2.24) is 4.98 Å². The van der Waals surface area contributed by atoms with E-state index in [9.17, 15) is 0 Å². The van der Waals surface area contributed by atoms with Gasteiger partial charge in [0.2, 0.25) is 5.89 Å². The molecule has 0 saturated heterocycles. The summed E-state index contributed by atoms with van der Waals surface area (Å²) >= 11 is 0. The monoisotopic (exact) mass is 188 g/mol. The Kier molecular flexibility index (Phi) is 2.33. The molecule has 72 valence electrons. The third-order valence-electron chi connectivity index (χ3n) is 2.03. The zero-order valence-electron chi connectivity index (χ0n) is 8.03. The molecule has 1 heterocycles. The minimum absolute atomic E-state index is 0.535. The molecule has 0 aliphatic carbocycles. The molecule has 0 fully saturated rings. The van der Waals surface area contributed by atoms with Gasteiger partial charge in [0.15, 0.2) is 0 Å². The molecule has 2 N–H and O–H groups in total. The molecule has 0 aliphatic rings. The van der Waals surface area contributed by atoms with Gasteiger partial charge in [-0.1, -0.05) is 12.1 Å². The smallest absolute Gasteiger partial charge is 0.226 e. The van der Waals surface area contributed by atoms with E-state index in [0.717, 1.165) is 16.9 Å². The average molecular weight is 188 g/mol. The highest BCUT2D eigenvalue weighted by Crippen LogP contribution is 2.19. The first-order chi connectivity index (χ1) is 6.79. The molecule has 0 amide bonds. The van der Waals surface area contributed by atoms with Crippen molar-refractivity contribution in [3.8, 4) is 11.5 Å². The van der Waals surface area contributed by atoms with Crippen LogP contribution in [0.2, 0.25) is 0 Å². The first-order valence-corrected chi connectivity index (χ1v) is 4.51. The lowest BCUT2D eigenvalue weighted by Gasteiger charge is -1.98. The fourth-order valence-electron chi connectivity index (χ4n) is 1.32. The number of nitrogens with two attached hydrogens (primary N) is 1. The Labute approximate surface area is 82.6 Å². The summed E-state index contributed by atoms with van der Waals surface area (Å²) in [6.07, 6.45) is 1.71. The number of hydrogen-bond donors (Lipinski definition) is 1. The lowest BCUT2D eigenvalue weighted by atomic mass is 10.1. The van der Waals surface area contributed by atoms with E-state index in [1.807, 2.05) is 31.2 Å². The molecule has 3 heteroatoms. The van der Waals surface area contributed by atoms with Crippen molar-refractivity contribution in [1.29, 1.82) is 0 Å². The molecule has 0 radical (unpaired) electrons. The number of aromatic nitrogens is 1. The van der Waals surface area contributed by atoms with Crippen LogP contribution in [0.4, 0.5) is 0 Å². The Hall–Kier alpha value is -1.61. The molecular weight excluding hydrogens is 176 g/mol. The third-order valence-corrected chi connectivity index (χ3v) is 2.03. The molecule has 2 aromatic rings. The second-order valence-electron chi connectivity index (χ2n) is 3.18. The molecule has 0 spiro atoms. The van der Waals surface area contributed by atoms with Gasteiger partial charge in [-0.25, -0.2) is 4.98 Å². The van der Waals surface area contributed by atoms with Gasteiger partial charge < -0.3 is 10.2 Å². The van der Waals surface area contributed by atoms with Crippen LogP contribution in [-0.4, -0.2) is 4.98 Å². The molecule has 0 saturated carbocycles. The van der Waals surface area contributed by atoms with Crippen molar-refractivity contribution < 1.29 is 4.42 Å². The quantitative estimate of drug-likeness (QED) is 0.785. The van der Waals surface area contributed by atoms with E-state index >= 15 is 0 Å². The molecule has 1 aromatic heterocycles. The Balaban J connectivity index is 2.41. The van der Waals surface area contributed by atoms with Gasteiger partial charge in [-0.2, -0.15) is 0 Å². The van der Waals surface area contributed by atoms with Crippen molar-refractivity contribution in [3.05, 3.63) is 41.8 Å². The maximum atomic E-state index is 5.55. The number of aryl methyl sites for hydroxylation is 1. The van der Waals surface area contributed by atoms with E-state index in [2.05, 4.69) is 4.98 Å². The van der Waals surface area contributed by atoms with Gasteiger partial charge in [0.25, 0.3) is 0 Å². The summed E-state index contributed by atoms with van der Waals surface area (Å²) < 4.78 is 5.42. The van der Waals surface area contributed by atoms with Crippen LogP contribution >= 0.6 is 0 Å². The van der Waals surface area contributed by atoms with Crippen molar-refractivity contribution in [2.45, 2.75) is 13.5 Å². The SMILES string of the molecule is Cc1cnc(-c2cccc(CN)c2)o1. The van der Waals surface area contributed by atoms with Gasteiger partial charge in [-0.3, -0.25) is 0 Å². The molecular formula is C11H12N2O. The fraction of sp³-hybridized carbons (Fsp3) is 0.182. The van der Waals surface area contributed by atoms with E-state index in [0.29, 0.717) is 12.4 Å². The summed E-state index contributed by atoms with van der Waals surface area (Å²) in [4.78, 5) is 4.15. The Bertz CT molecular complexity index is 434. The summed E-state index contributed by atoms with van der Waals surface area (Å²) in [6, 6.07) is 7.89. The van der Waals surface area contributed by atoms with Crippen LogP contribution in [0, 0.1) is 6.92 Å². The number of rotatable bonds is 2. The topological polar surface area (TPSA) is 52.0 Å². The van der Waals surface area contributed by atoms with Crippen LogP contribution < -0.4 is 5.73 Å². The van der Waals surface area contributed by atoms with Crippen molar-refractivity contribution in [2.75, 3.05) is 0 Å². The largest absolute Gasteiger partial charge is 0.441 e. The fourth-order valence-corrected chi connectivity index (χ4v) is 1.32. The Morgan fingerprint density at radius 2 is 2.29 bits per heavy atom. The standard InChI is InChI=1S/C11H12N2O/c1-8-7-13-11(14-8)10-4-2-3-9(5-10)6-12/h2-5,7H,6,12H2,1H3. The molecule has 2 rings (SSSR count). The first kappa shape index (κ1) is 8.97. The minimum atomic E-state index is 0.535. The summed E-state index contributed by atoms with van der Waals surface area (Å²) in [5.74, 6) is 1.47. The highest BCUT2D eigenvalue weighted by Gasteiger charge is 2.03. The van der Waals surface area contributed by atoms with Gasteiger partial charge >= 0.3 is 0 Å². The molecule has 0 atom stereocenters. The van der Waals surface area contributed by atoms with E-state index in [-0.39, 0.29) is 0 Å². The molecule has 0 bridgehead atoms. The normalized spacial score (nSPS) is 10.4. The lowest BCUT2D eigenvalue weighted by molar-refractivity contribution is 0.542. The predicted octanol–water partition coefficient (Wildman–Crippen LogP) is 2.11. The molecule has 3 nitrogen and oxygen atoms in total. The van der Waals surface area contributed by atoms with Crippen molar-refractivity contribution in [3.63, 3.8) is 0 Å².